The third-order valence-corrected chi connectivity index (χ3v) is 2.40. The van der Waals surface area contributed by atoms with Gasteiger partial charge in [0.1, 0.15) is 5.56 Å². The van der Waals surface area contributed by atoms with Crippen LogP contribution in [0.1, 0.15) is 17.3 Å². The summed E-state index contributed by atoms with van der Waals surface area (Å²) >= 11 is 0. The minimum absolute atomic E-state index is 0.211. The molecule has 2 heterocycles. The predicted molar refractivity (Wildman–Crippen MR) is 67.8 cm³/mol. The van der Waals surface area contributed by atoms with Gasteiger partial charge in [0.05, 0.1) is 19.3 Å². The number of ether oxygens (including phenoxy) is 1. The standard InChI is InChI=1S/C12H15N5O2/c1-2-19-12-10(4-3-5-14-12)11(18)13-6-8-17-9-7-15-16-17/h3-5,7,9H,2,6,8H2,1H3,(H,13,18). The molecule has 1 N–H and O–H groups in total. The summed E-state index contributed by atoms with van der Waals surface area (Å²) < 4.78 is 6.96. The number of nitrogens with one attached hydrogen (secondary N) is 1. The van der Waals surface area contributed by atoms with E-state index in [1.54, 1.807) is 35.4 Å². The van der Waals surface area contributed by atoms with Gasteiger partial charge in [0.25, 0.3) is 5.91 Å². The van der Waals surface area contributed by atoms with E-state index < -0.39 is 0 Å². The van der Waals surface area contributed by atoms with Crippen LogP contribution in [-0.4, -0.2) is 39.0 Å². The molecular weight excluding hydrogens is 246 g/mol. The monoisotopic (exact) mass is 261 g/mol. The van der Waals surface area contributed by atoms with Crippen molar-refractivity contribution in [2.45, 2.75) is 13.5 Å². The molecule has 0 radical (unpaired) electrons. The number of hydrogen-bond acceptors (Lipinski definition) is 5. The van der Waals surface area contributed by atoms with Crippen molar-refractivity contribution in [2.75, 3.05) is 13.2 Å². The fraction of sp³-hybridized carbons (Fsp3) is 0.333. The normalized spacial score (nSPS) is 10.2. The molecule has 2 rings (SSSR count). The van der Waals surface area contributed by atoms with Gasteiger partial charge in [-0.05, 0) is 19.1 Å². The Hall–Kier alpha value is -2.44. The van der Waals surface area contributed by atoms with Crippen LogP contribution in [0.25, 0.3) is 0 Å². The zero-order valence-electron chi connectivity index (χ0n) is 10.6. The first kappa shape index (κ1) is 13.0. The van der Waals surface area contributed by atoms with Gasteiger partial charge in [-0.25, -0.2) is 4.98 Å². The number of carbonyl (C=O) groups is 1. The minimum Gasteiger partial charge on any atom is -0.477 e. The molecule has 7 nitrogen and oxygen atoms in total. The van der Waals surface area contributed by atoms with Gasteiger partial charge >= 0.3 is 0 Å². The number of amides is 1. The smallest absolute Gasteiger partial charge is 0.256 e. The predicted octanol–water partition coefficient (Wildman–Crippen LogP) is 0.502. The summed E-state index contributed by atoms with van der Waals surface area (Å²) in [4.78, 5) is 16.0. The Morgan fingerprint density at radius 1 is 1.47 bits per heavy atom. The lowest BCUT2D eigenvalue weighted by atomic mass is 10.2. The molecule has 0 atom stereocenters. The van der Waals surface area contributed by atoms with Gasteiger partial charge < -0.3 is 10.1 Å². The van der Waals surface area contributed by atoms with Crippen molar-refractivity contribution < 1.29 is 9.53 Å². The maximum atomic E-state index is 12.0. The Labute approximate surface area is 110 Å². The molecule has 0 aliphatic carbocycles. The summed E-state index contributed by atoms with van der Waals surface area (Å²) in [5.74, 6) is 0.139. The van der Waals surface area contributed by atoms with Crippen molar-refractivity contribution in [3.05, 3.63) is 36.3 Å². The van der Waals surface area contributed by atoms with Crippen LogP contribution in [0.2, 0.25) is 0 Å². The lowest BCUT2D eigenvalue weighted by Crippen LogP contribution is -2.28. The molecule has 7 heteroatoms. The summed E-state index contributed by atoms with van der Waals surface area (Å²) in [5, 5.41) is 10.3. The summed E-state index contributed by atoms with van der Waals surface area (Å²) in [6.45, 7) is 3.34. The quantitative estimate of drug-likeness (QED) is 0.819. The highest BCUT2D eigenvalue weighted by Crippen LogP contribution is 2.13. The topological polar surface area (TPSA) is 81.9 Å². The molecule has 1 amide bonds. The van der Waals surface area contributed by atoms with Gasteiger partial charge in [-0.2, -0.15) is 0 Å². The van der Waals surface area contributed by atoms with Crippen LogP contribution in [0.4, 0.5) is 0 Å². The van der Waals surface area contributed by atoms with E-state index >= 15 is 0 Å². The fourth-order valence-electron chi connectivity index (χ4n) is 1.55. The molecule has 0 aromatic carbocycles. The molecule has 0 bridgehead atoms. The van der Waals surface area contributed by atoms with Crippen LogP contribution in [0.15, 0.2) is 30.7 Å². The molecule has 0 saturated carbocycles. The summed E-state index contributed by atoms with van der Waals surface area (Å²) in [5.41, 5.74) is 0.433. The molecule has 0 saturated heterocycles. The Morgan fingerprint density at radius 3 is 3.11 bits per heavy atom. The highest BCUT2D eigenvalue weighted by molar-refractivity contribution is 5.96. The van der Waals surface area contributed by atoms with Gasteiger partial charge in [-0.1, -0.05) is 5.21 Å². The summed E-state index contributed by atoms with van der Waals surface area (Å²) in [6, 6.07) is 3.39. The van der Waals surface area contributed by atoms with E-state index in [1.807, 2.05) is 6.92 Å². The largest absolute Gasteiger partial charge is 0.477 e. The van der Waals surface area contributed by atoms with Crippen LogP contribution in [0, 0.1) is 0 Å². The number of rotatable bonds is 6. The van der Waals surface area contributed by atoms with Gasteiger partial charge in [-0.3, -0.25) is 9.48 Å². The molecule has 0 aliphatic heterocycles. The van der Waals surface area contributed by atoms with E-state index in [0.29, 0.717) is 31.1 Å². The average Bonchev–Trinajstić information content (AvgIpc) is 2.93. The van der Waals surface area contributed by atoms with E-state index in [1.165, 1.54) is 0 Å². The van der Waals surface area contributed by atoms with Crippen LogP contribution in [-0.2, 0) is 6.54 Å². The lowest BCUT2D eigenvalue weighted by molar-refractivity contribution is 0.0947. The van der Waals surface area contributed by atoms with Crippen LogP contribution < -0.4 is 10.1 Å². The Morgan fingerprint density at radius 2 is 2.37 bits per heavy atom. The van der Waals surface area contributed by atoms with Gasteiger partial charge in [0.15, 0.2) is 0 Å². The average molecular weight is 261 g/mol. The first-order valence-corrected chi connectivity index (χ1v) is 6.01. The number of pyridine rings is 1. The zero-order valence-corrected chi connectivity index (χ0v) is 10.6. The Balaban J connectivity index is 1.92. The SMILES string of the molecule is CCOc1ncccc1C(=O)NCCn1ccnn1. The maximum Gasteiger partial charge on any atom is 0.256 e. The van der Waals surface area contributed by atoms with Crippen molar-refractivity contribution in [1.82, 2.24) is 25.3 Å². The number of aromatic nitrogens is 4. The first-order valence-electron chi connectivity index (χ1n) is 6.01. The van der Waals surface area contributed by atoms with Crippen molar-refractivity contribution in [3.63, 3.8) is 0 Å². The number of hydrogen-bond donors (Lipinski definition) is 1. The van der Waals surface area contributed by atoms with Crippen LogP contribution in [0.3, 0.4) is 0 Å². The second kappa shape index (κ2) is 6.48. The Kier molecular flexibility index (Phi) is 4.44. The molecule has 0 fully saturated rings. The molecule has 2 aromatic rings. The molecule has 19 heavy (non-hydrogen) atoms. The summed E-state index contributed by atoms with van der Waals surface area (Å²) in [6.07, 6.45) is 4.93. The van der Waals surface area contributed by atoms with Crippen molar-refractivity contribution in [2.24, 2.45) is 0 Å². The molecule has 2 aromatic heterocycles. The number of nitrogens with zero attached hydrogens (tertiary/aromatic N) is 4. The lowest BCUT2D eigenvalue weighted by Gasteiger charge is -2.09. The van der Waals surface area contributed by atoms with E-state index in [9.17, 15) is 4.79 Å². The van der Waals surface area contributed by atoms with Gasteiger partial charge in [-0.15, -0.1) is 5.10 Å². The van der Waals surface area contributed by atoms with Gasteiger partial charge in [0, 0.05) is 18.9 Å². The second-order valence-corrected chi connectivity index (χ2v) is 3.71. The van der Waals surface area contributed by atoms with Crippen LogP contribution >= 0.6 is 0 Å². The van der Waals surface area contributed by atoms with E-state index in [0.717, 1.165) is 0 Å². The van der Waals surface area contributed by atoms with Crippen molar-refractivity contribution in [1.29, 1.82) is 0 Å². The van der Waals surface area contributed by atoms with Crippen molar-refractivity contribution in [3.8, 4) is 5.88 Å². The van der Waals surface area contributed by atoms with Crippen molar-refractivity contribution >= 4 is 5.91 Å². The molecule has 100 valence electrons. The third-order valence-electron chi connectivity index (χ3n) is 2.40. The molecule has 0 spiro atoms. The third kappa shape index (κ3) is 3.51. The minimum atomic E-state index is -0.211. The first-order chi connectivity index (χ1) is 9.31. The summed E-state index contributed by atoms with van der Waals surface area (Å²) in [7, 11) is 0. The van der Waals surface area contributed by atoms with E-state index in [2.05, 4.69) is 20.6 Å². The molecular formula is C12H15N5O2. The highest BCUT2D eigenvalue weighted by Gasteiger charge is 2.12. The van der Waals surface area contributed by atoms with Crippen LogP contribution in [0.5, 0.6) is 5.88 Å². The number of carbonyl (C=O) groups excluding carboxylic acids is 1. The Bertz CT molecular complexity index is 527. The van der Waals surface area contributed by atoms with Gasteiger partial charge in [0.2, 0.25) is 5.88 Å². The molecule has 0 aliphatic rings. The second-order valence-electron chi connectivity index (χ2n) is 3.71. The fourth-order valence-corrected chi connectivity index (χ4v) is 1.55. The molecule has 0 unspecified atom stereocenters. The maximum absolute atomic E-state index is 12.0. The van der Waals surface area contributed by atoms with E-state index in [-0.39, 0.29) is 5.91 Å². The highest BCUT2D eigenvalue weighted by atomic mass is 16.5. The zero-order chi connectivity index (χ0) is 13.5. The van der Waals surface area contributed by atoms with E-state index in [4.69, 9.17) is 4.74 Å².